The lowest BCUT2D eigenvalue weighted by Gasteiger charge is -2.52. The Morgan fingerprint density at radius 1 is 1.33 bits per heavy atom. The Morgan fingerprint density at radius 2 is 2.11 bits per heavy atom. The topological polar surface area (TPSA) is 24.5 Å². The summed E-state index contributed by atoms with van der Waals surface area (Å²) < 4.78 is 5.78. The molecular weight excluding hydrogens is 224 g/mol. The van der Waals surface area contributed by atoms with Crippen LogP contribution in [-0.4, -0.2) is 49.8 Å². The van der Waals surface area contributed by atoms with Gasteiger partial charge in [-0.25, -0.2) is 0 Å². The smallest absolute Gasteiger partial charge is 0.0655 e. The number of hydrogen-bond acceptors (Lipinski definition) is 3. The number of nitrogens with zero attached hydrogens (tertiary/aromatic N) is 1. The Kier molecular flexibility index (Phi) is 4.68. The first kappa shape index (κ1) is 14.3. The second-order valence-corrected chi connectivity index (χ2v) is 6.51. The van der Waals surface area contributed by atoms with Crippen LogP contribution in [0.1, 0.15) is 40.5 Å². The molecule has 1 saturated carbocycles. The summed E-state index contributed by atoms with van der Waals surface area (Å²) in [5, 5.41) is 3.78. The molecule has 3 atom stereocenters. The predicted molar refractivity (Wildman–Crippen MR) is 75.8 cm³/mol. The Bertz CT molecular complexity index is 267. The summed E-state index contributed by atoms with van der Waals surface area (Å²) in [4.78, 5) is 2.56. The molecule has 0 aromatic carbocycles. The molecule has 0 amide bonds. The number of ether oxygens (including phenoxy) is 1. The van der Waals surface area contributed by atoms with E-state index in [2.05, 4.69) is 37.9 Å². The third-order valence-electron chi connectivity index (χ3n) is 5.02. The zero-order valence-corrected chi connectivity index (χ0v) is 12.5. The van der Waals surface area contributed by atoms with Crippen LogP contribution in [0.3, 0.4) is 0 Å². The summed E-state index contributed by atoms with van der Waals surface area (Å²) in [7, 11) is 0. The zero-order chi connectivity index (χ0) is 13.2. The van der Waals surface area contributed by atoms with Gasteiger partial charge in [-0.05, 0) is 45.3 Å². The highest BCUT2D eigenvalue weighted by Gasteiger charge is 2.48. The Labute approximate surface area is 112 Å². The molecule has 0 radical (unpaired) electrons. The second-order valence-electron chi connectivity index (χ2n) is 6.51. The zero-order valence-electron chi connectivity index (χ0n) is 12.5. The van der Waals surface area contributed by atoms with Crippen molar-refractivity contribution in [3.05, 3.63) is 0 Å². The third-order valence-corrected chi connectivity index (χ3v) is 5.02. The van der Waals surface area contributed by atoms with Crippen molar-refractivity contribution in [3.63, 3.8) is 0 Å². The minimum absolute atomic E-state index is 0.305. The first-order chi connectivity index (χ1) is 8.57. The number of hydrogen-bond donors (Lipinski definition) is 1. The van der Waals surface area contributed by atoms with Gasteiger partial charge in [0.25, 0.3) is 0 Å². The Morgan fingerprint density at radius 3 is 2.67 bits per heavy atom. The van der Waals surface area contributed by atoms with Gasteiger partial charge in [-0.3, -0.25) is 0 Å². The third kappa shape index (κ3) is 2.89. The van der Waals surface area contributed by atoms with Gasteiger partial charge in [0.1, 0.15) is 0 Å². The van der Waals surface area contributed by atoms with Crippen molar-refractivity contribution in [3.8, 4) is 0 Å². The van der Waals surface area contributed by atoms with Crippen molar-refractivity contribution in [2.24, 2.45) is 11.3 Å². The Hall–Kier alpha value is -0.120. The van der Waals surface area contributed by atoms with Crippen LogP contribution in [0.5, 0.6) is 0 Å². The largest absolute Gasteiger partial charge is 0.378 e. The van der Waals surface area contributed by atoms with E-state index in [0.717, 1.165) is 12.5 Å². The fourth-order valence-corrected chi connectivity index (χ4v) is 3.39. The summed E-state index contributed by atoms with van der Waals surface area (Å²) in [6, 6.07) is 0.643. The van der Waals surface area contributed by atoms with E-state index < -0.39 is 0 Å². The first-order valence-electron chi connectivity index (χ1n) is 7.65. The van der Waals surface area contributed by atoms with Crippen LogP contribution in [0, 0.1) is 11.3 Å². The average molecular weight is 254 g/mol. The number of rotatable bonds is 6. The molecule has 1 aliphatic heterocycles. The molecule has 1 heterocycles. The van der Waals surface area contributed by atoms with Gasteiger partial charge in [-0.2, -0.15) is 0 Å². The van der Waals surface area contributed by atoms with Crippen molar-refractivity contribution < 1.29 is 4.74 Å². The van der Waals surface area contributed by atoms with E-state index >= 15 is 0 Å². The van der Waals surface area contributed by atoms with Gasteiger partial charge in [0.05, 0.1) is 6.10 Å². The molecule has 3 unspecified atom stereocenters. The van der Waals surface area contributed by atoms with Crippen LogP contribution in [0.25, 0.3) is 0 Å². The summed E-state index contributed by atoms with van der Waals surface area (Å²) in [5.74, 6) is 0.854. The van der Waals surface area contributed by atoms with Gasteiger partial charge in [0, 0.05) is 24.6 Å². The summed E-state index contributed by atoms with van der Waals surface area (Å²) in [6.07, 6.45) is 3.00. The van der Waals surface area contributed by atoms with Crippen LogP contribution in [0.2, 0.25) is 0 Å². The highest BCUT2D eigenvalue weighted by Crippen LogP contribution is 2.42. The molecule has 0 bridgehead atoms. The van der Waals surface area contributed by atoms with Crippen LogP contribution < -0.4 is 5.32 Å². The minimum atomic E-state index is 0.305. The lowest BCUT2D eigenvalue weighted by atomic mass is 9.64. The fraction of sp³-hybridized carbons (Fsp3) is 1.00. The van der Waals surface area contributed by atoms with Crippen molar-refractivity contribution in [1.82, 2.24) is 10.2 Å². The van der Waals surface area contributed by atoms with Crippen LogP contribution in [-0.2, 0) is 4.74 Å². The van der Waals surface area contributed by atoms with Gasteiger partial charge in [-0.1, -0.05) is 20.8 Å². The van der Waals surface area contributed by atoms with E-state index in [-0.39, 0.29) is 0 Å². The molecule has 1 N–H and O–H groups in total. The van der Waals surface area contributed by atoms with E-state index in [4.69, 9.17) is 4.74 Å². The van der Waals surface area contributed by atoms with Gasteiger partial charge in [-0.15, -0.1) is 0 Å². The average Bonchev–Trinajstić information content (AvgIpc) is 2.80. The van der Waals surface area contributed by atoms with Gasteiger partial charge in [0.15, 0.2) is 0 Å². The minimum Gasteiger partial charge on any atom is -0.378 e. The highest BCUT2D eigenvalue weighted by molar-refractivity contribution is 5.03. The lowest BCUT2D eigenvalue weighted by Crippen LogP contribution is -2.61. The molecule has 2 rings (SSSR count). The molecule has 106 valence electrons. The van der Waals surface area contributed by atoms with Crippen LogP contribution in [0.15, 0.2) is 0 Å². The molecule has 0 spiro atoms. The van der Waals surface area contributed by atoms with Crippen molar-refractivity contribution in [2.75, 3.05) is 32.8 Å². The summed E-state index contributed by atoms with van der Waals surface area (Å²) in [6.45, 7) is 14.8. The predicted octanol–water partition coefficient (Wildman–Crippen LogP) is 2.12. The first-order valence-corrected chi connectivity index (χ1v) is 7.65. The number of likely N-dealkylation sites (tertiary alicyclic amines) is 1. The van der Waals surface area contributed by atoms with Crippen molar-refractivity contribution >= 4 is 0 Å². The maximum Gasteiger partial charge on any atom is 0.0655 e. The van der Waals surface area contributed by atoms with E-state index in [9.17, 15) is 0 Å². The molecule has 2 fully saturated rings. The van der Waals surface area contributed by atoms with Gasteiger partial charge in [0.2, 0.25) is 0 Å². The monoisotopic (exact) mass is 254 g/mol. The highest BCUT2D eigenvalue weighted by atomic mass is 16.5. The molecule has 0 aromatic rings. The number of nitrogens with one attached hydrogen (secondary N) is 1. The molecule has 3 heteroatoms. The van der Waals surface area contributed by atoms with Crippen molar-refractivity contribution in [1.29, 1.82) is 0 Å². The molecule has 3 nitrogen and oxygen atoms in total. The quantitative estimate of drug-likeness (QED) is 0.786. The van der Waals surface area contributed by atoms with Crippen molar-refractivity contribution in [2.45, 2.75) is 52.7 Å². The fourth-order valence-electron chi connectivity index (χ4n) is 3.39. The standard InChI is InChI=1S/C15H30N2O/c1-5-17-8-7-12(11-17)10-16-13-9-14(18-6-2)15(13,3)4/h12-14,16H,5-11H2,1-4H3. The van der Waals surface area contributed by atoms with E-state index in [1.54, 1.807) is 0 Å². The second kappa shape index (κ2) is 5.89. The maximum absolute atomic E-state index is 5.78. The molecule has 1 aliphatic carbocycles. The maximum atomic E-state index is 5.78. The van der Waals surface area contributed by atoms with Crippen LogP contribution >= 0.6 is 0 Å². The van der Waals surface area contributed by atoms with E-state index in [1.165, 1.54) is 39.0 Å². The molecular formula is C15H30N2O. The summed E-state index contributed by atoms with van der Waals surface area (Å²) >= 11 is 0. The SMILES string of the molecule is CCOC1CC(NCC2CCN(CC)C2)C1(C)C. The molecule has 1 saturated heterocycles. The van der Waals surface area contributed by atoms with E-state index in [1.807, 2.05) is 0 Å². The molecule has 18 heavy (non-hydrogen) atoms. The summed E-state index contributed by atoms with van der Waals surface area (Å²) in [5.41, 5.74) is 0.305. The molecule has 0 aromatic heterocycles. The lowest BCUT2D eigenvalue weighted by molar-refractivity contribution is -0.114. The Balaban J connectivity index is 1.69. The van der Waals surface area contributed by atoms with Gasteiger partial charge >= 0.3 is 0 Å². The van der Waals surface area contributed by atoms with Crippen LogP contribution in [0.4, 0.5) is 0 Å². The van der Waals surface area contributed by atoms with Gasteiger partial charge < -0.3 is 15.0 Å². The normalized spacial score (nSPS) is 35.7. The molecule has 2 aliphatic rings. The van der Waals surface area contributed by atoms with E-state index in [0.29, 0.717) is 17.6 Å².